The Morgan fingerprint density at radius 1 is 0.344 bits per heavy atom. The summed E-state index contributed by atoms with van der Waals surface area (Å²) >= 11 is 14.1. The molecular formula is C40H34Br4N4O16. The number of aromatic nitrogens is 4. The van der Waals surface area contributed by atoms with Crippen LogP contribution in [0.15, 0.2) is 17.9 Å². The number of aromatic amines is 2. The average molecular weight is 1150 g/mol. The van der Waals surface area contributed by atoms with Crippen LogP contribution in [-0.4, -0.2) is 109 Å². The maximum atomic E-state index is 12.5. The van der Waals surface area contributed by atoms with Crippen LogP contribution in [0, 0.1) is 0 Å². The number of rotatable bonds is 20. The molecule has 2 aliphatic rings. The number of carboxylic acid groups (broad SMARTS) is 8. The van der Waals surface area contributed by atoms with Gasteiger partial charge < -0.3 is 50.8 Å². The van der Waals surface area contributed by atoms with E-state index in [0.29, 0.717) is 0 Å². The molecule has 8 bridgehead atoms. The molecule has 3 aromatic heterocycles. The first-order valence-electron chi connectivity index (χ1n) is 18.7. The maximum Gasteiger partial charge on any atom is 0.307 e. The predicted molar refractivity (Wildman–Crippen MR) is 238 cm³/mol. The molecule has 0 unspecified atom stereocenters. The summed E-state index contributed by atoms with van der Waals surface area (Å²) in [6.45, 7) is 0. The number of aliphatic carboxylic acids is 8. The predicted octanol–water partition coefficient (Wildman–Crippen LogP) is 7.15. The molecule has 20 nitrogen and oxygen atoms in total. The van der Waals surface area contributed by atoms with Gasteiger partial charge in [-0.1, -0.05) is 0 Å². The first-order valence-corrected chi connectivity index (χ1v) is 21.9. The van der Waals surface area contributed by atoms with E-state index in [1.165, 1.54) is 0 Å². The van der Waals surface area contributed by atoms with Crippen LogP contribution >= 0.6 is 63.7 Å². The molecule has 0 radical (unpaired) electrons. The van der Waals surface area contributed by atoms with Gasteiger partial charge in [0.1, 0.15) is 0 Å². The second-order valence-corrected chi connectivity index (χ2v) is 17.5. The van der Waals surface area contributed by atoms with Crippen molar-refractivity contribution in [2.75, 3.05) is 0 Å². The maximum absolute atomic E-state index is 12.5. The Balaban J connectivity index is 2.25. The Hall–Kier alpha value is -5.72. The van der Waals surface area contributed by atoms with Crippen molar-refractivity contribution in [3.63, 3.8) is 0 Å². The number of allylic oxidation sites excluding steroid dienone is 2. The lowest BCUT2D eigenvalue weighted by Crippen LogP contribution is -2.05. The zero-order valence-electron chi connectivity index (χ0n) is 32.7. The highest BCUT2D eigenvalue weighted by Gasteiger charge is 2.33. The molecule has 0 fully saturated rings. The van der Waals surface area contributed by atoms with Crippen molar-refractivity contribution in [3.8, 4) is 0 Å². The number of fused-ring (bicyclic) bond motifs is 8. The van der Waals surface area contributed by atoms with Crippen molar-refractivity contribution in [3.05, 3.63) is 62.9 Å². The van der Waals surface area contributed by atoms with Gasteiger partial charge in [0.2, 0.25) is 0 Å². The van der Waals surface area contributed by atoms with Gasteiger partial charge in [-0.2, -0.15) is 0 Å². The minimum absolute atomic E-state index is 0.000678. The molecule has 24 heteroatoms. The summed E-state index contributed by atoms with van der Waals surface area (Å²) < 4.78 is -0.157. The number of nitrogens with one attached hydrogen (secondary N) is 2. The van der Waals surface area contributed by atoms with E-state index in [1.54, 1.807) is 0 Å². The Morgan fingerprint density at radius 3 is 0.859 bits per heavy atom. The summed E-state index contributed by atoms with van der Waals surface area (Å²) in [6, 6.07) is 0. The third kappa shape index (κ3) is 10.8. The highest BCUT2D eigenvalue weighted by molar-refractivity contribution is 9.11. The number of nitrogens with zero attached hydrogens (tertiary/aromatic N) is 2. The molecule has 3 aromatic rings. The molecule has 0 saturated carbocycles. The minimum Gasteiger partial charge on any atom is -0.481 e. The van der Waals surface area contributed by atoms with Gasteiger partial charge in [0.15, 0.2) is 0 Å². The average Bonchev–Trinajstić information content (AvgIpc) is 3.93. The molecule has 5 rings (SSSR count). The highest BCUT2D eigenvalue weighted by atomic mass is 79.9. The van der Waals surface area contributed by atoms with Crippen molar-refractivity contribution in [2.24, 2.45) is 0 Å². The van der Waals surface area contributed by atoms with E-state index in [0.717, 1.165) is 0 Å². The highest BCUT2D eigenvalue weighted by Crippen LogP contribution is 2.47. The molecule has 0 amide bonds. The molecule has 2 aliphatic heterocycles. The smallest absolute Gasteiger partial charge is 0.307 e. The monoisotopic (exact) mass is 1140 g/mol. The molecule has 0 aliphatic carbocycles. The zero-order chi connectivity index (χ0) is 47.5. The Kier molecular flexibility index (Phi) is 15.7. The van der Waals surface area contributed by atoms with Crippen LogP contribution in [0.1, 0.15) is 96.4 Å². The second-order valence-electron chi connectivity index (χ2n) is 14.3. The van der Waals surface area contributed by atoms with Crippen molar-refractivity contribution >= 4 is 156 Å². The van der Waals surface area contributed by atoms with E-state index in [9.17, 15) is 79.2 Å². The Bertz CT molecular complexity index is 2820. The van der Waals surface area contributed by atoms with Crippen molar-refractivity contribution < 1.29 is 79.2 Å². The van der Waals surface area contributed by atoms with Crippen LogP contribution in [0.2, 0.25) is 0 Å². The summed E-state index contributed by atoms with van der Waals surface area (Å²) in [6.07, 6.45) is -6.50. The number of H-pyrrole nitrogens is 2. The van der Waals surface area contributed by atoms with Crippen molar-refractivity contribution in [1.29, 1.82) is 0 Å². The topological polar surface area (TPSA) is 356 Å². The lowest BCUT2D eigenvalue weighted by Gasteiger charge is -2.09. The number of carboxylic acids is 8. The lowest BCUT2D eigenvalue weighted by atomic mass is 9.96. The Labute approximate surface area is 392 Å². The second kappa shape index (κ2) is 20.4. The summed E-state index contributed by atoms with van der Waals surface area (Å²) in [4.78, 5) is 114. The summed E-state index contributed by atoms with van der Waals surface area (Å²) in [5.74, 6) is -10.6. The third-order valence-electron chi connectivity index (χ3n) is 10.1. The molecule has 64 heavy (non-hydrogen) atoms. The summed E-state index contributed by atoms with van der Waals surface area (Å²) in [7, 11) is 0. The first kappa shape index (κ1) is 49.3. The van der Waals surface area contributed by atoms with Crippen LogP contribution in [-0.2, 0) is 64.0 Å². The standard InChI is InChI=1S/C40H34Br4N4O16/c41-29-33-13(1-5-21(49)50)17(9-25(57)58)37(45-33)30(42)35-15(3-7-23(53)54)18(10-26(59)60)38(47-35)31(43)36-16(4-8-24(55)56)20(12-28(63)64)40(48-36)32(44)39-19(11-27(61)62)14(34(29)46-39)2-6-22(51)52/h46-47H,1-12H2,(H,49,50)(H,51,52)(H,53,54)(H,55,56)(H,57,58)(H,59,60)(H,61,62)(H,63,64). The lowest BCUT2D eigenvalue weighted by molar-refractivity contribution is -0.138. The molecule has 0 saturated heterocycles. The van der Waals surface area contributed by atoms with Gasteiger partial charge in [-0.3, -0.25) is 38.4 Å². The number of hydrogen-bond donors (Lipinski definition) is 10. The fourth-order valence-electron chi connectivity index (χ4n) is 7.56. The van der Waals surface area contributed by atoms with Crippen LogP contribution in [0.25, 0.3) is 44.4 Å². The van der Waals surface area contributed by atoms with E-state index >= 15 is 0 Å². The number of hydrogen-bond acceptors (Lipinski definition) is 10. The summed E-state index contributed by atoms with van der Waals surface area (Å²) in [5, 5.41) is 80.0. The van der Waals surface area contributed by atoms with Crippen LogP contribution in [0.4, 0.5) is 0 Å². The molecule has 5 heterocycles. The molecular weight excluding hydrogens is 1110 g/mol. The van der Waals surface area contributed by atoms with Gasteiger partial charge in [-0.15, -0.1) is 0 Å². The van der Waals surface area contributed by atoms with Crippen LogP contribution in [0.5, 0.6) is 0 Å². The van der Waals surface area contributed by atoms with Crippen molar-refractivity contribution in [2.45, 2.75) is 77.0 Å². The van der Waals surface area contributed by atoms with Gasteiger partial charge >= 0.3 is 47.8 Å². The van der Waals surface area contributed by atoms with Gasteiger partial charge in [0.25, 0.3) is 0 Å². The number of aryl methyl sites for hydroxylation is 2. The third-order valence-corrected chi connectivity index (χ3v) is 13.2. The first-order chi connectivity index (χ1) is 30.0. The fourth-order valence-corrected chi connectivity index (χ4v) is 10.2. The van der Waals surface area contributed by atoms with Crippen molar-refractivity contribution in [1.82, 2.24) is 19.9 Å². The van der Waals surface area contributed by atoms with E-state index in [2.05, 4.69) is 73.7 Å². The SMILES string of the molecule is O=C(O)CCC1=C(CC(=O)O)c2nc1c(Br)c1[nH]c(c(Br)c3nc(c(Br)c4[nH]c(c2Br)c(CCC(=O)O)c4CC(=O)O)C(CCC(=O)O)=C3CC(=O)O)c(CC(=O)O)c1CCC(=O)O. The number of carbonyl (C=O) groups is 8. The van der Waals surface area contributed by atoms with Gasteiger partial charge in [-0.05, 0) is 134 Å². The van der Waals surface area contributed by atoms with Gasteiger partial charge in [0.05, 0.1) is 88.4 Å². The van der Waals surface area contributed by atoms with Gasteiger partial charge in [-0.25, -0.2) is 9.97 Å². The van der Waals surface area contributed by atoms with E-state index in [4.69, 9.17) is 9.97 Å². The number of halogens is 4. The fraction of sp³-hybridized carbons (Fsp3) is 0.300. The van der Waals surface area contributed by atoms with Crippen LogP contribution in [0.3, 0.4) is 0 Å². The largest absolute Gasteiger partial charge is 0.481 e. The quantitative estimate of drug-likeness (QED) is 0.0536. The van der Waals surface area contributed by atoms with Gasteiger partial charge in [0, 0.05) is 25.7 Å². The zero-order valence-corrected chi connectivity index (χ0v) is 39.1. The molecule has 338 valence electrons. The molecule has 0 atom stereocenters. The molecule has 0 aromatic carbocycles. The Morgan fingerprint density at radius 2 is 0.594 bits per heavy atom. The summed E-state index contributed by atoms with van der Waals surface area (Å²) in [5.41, 5.74) is -0.119. The minimum atomic E-state index is -1.39. The van der Waals surface area contributed by atoms with Crippen LogP contribution < -0.4 is 0 Å². The molecule has 0 spiro atoms. The molecule has 10 N–H and O–H groups in total. The van der Waals surface area contributed by atoms with E-state index in [-0.39, 0.29) is 133 Å². The normalized spacial score (nSPS) is 12.4. The van der Waals surface area contributed by atoms with E-state index in [1.807, 2.05) is 0 Å². The van der Waals surface area contributed by atoms with E-state index < -0.39 is 99.1 Å².